The zero-order valence-corrected chi connectivity index (χ0v) is 19.9. The first kappa shape index (κ1) is 22.1. The van der Waals surface area contributed by atoms with Crippen LogP contribution in [0, 0.1) is 0 Å². The number of nitrogens with one attached hydrogen (secondary N) is 1. The van der Waals surface area contributed by atoms with Gasteiger partial charge in [0.2, 0.25) is 0 Å². The third kappa shape index (κ3) is 4.48. The Morgan fingerprint density at radius 3 is 1.66 bits per heavy atom. The third-order valence-electron chi connectivity index (χ3n) is 7.15. The molecule has 1 atom stereocenters. The summed E-state index contributed by atoms with van der Waals surface area (Å²) in [4.78, 5) is 2.36. The predicted octanol–water partition coefficient (Wildman–Crippen LogP) is 5.39. The second-order valence-corrected chi connectivity index (χ2v) is 9.51. The number of benzene rings is 4. The lowest BCUT2D eigenvalue weighted by Gasteiger charge is -2.29. The van der Waals surface area contributed by atoms with Crippen molar-refractivity contribution in [3.05, 3.63) is 97.1 Å². The molecule has 6 rings (SSSR count). The van der Waals surface area contributed by atoms with Gasteiger partial charge in [-0.15, -0.1) is 0 Å². The van der Waals surface area contributed by atoms with Gasteiger partial charge in [-0.2, -0.15) is 0 Å². The second kappa shape index (κ2) is 9.67. The summed E-state index contributed by atoms with van der Waals surface area (Å²) in [7, 11) is 0. The average Bonchev–Trinajstić information content (AvgIpc) is 3.22. The molecule has 1 unspecified atom stereocenters. The number of β-amino-alcohol motifs (C(OH)–C–C–N with tert-alkyl or cyclic N) is 1. The van der Waals surface area contributed by atoms with Gasteiger partial charge in [-0.05, 0) is 46.5 Å². The third-order valence-corrected chi connectivity index (χ3v) is 7.15. The summed E-state index contributed by atoms with van der Waals surface area (Å²) in [6, 6.07) is 34.6. The summed E-state index contributed by atoms with van der Waals surface area (Å²) in [6.45, 7) is 5.25. The Hall–Kier alpha value is -3.44. The van der Waals surface area contributed by atoms with E-state index in [0.29, 0.717) is 13.1 Å². The van der Waals surface area contributed by atoms with E-state index in [1.807, 2.05) is 0 Å². The molecule has 4 nitrogen and oxygen atoms in total. The molecule has 0 bridgehead atoms. The molecule has 0 radical (unpaired) electrons. The molecule has 4 heteroatoms. The number of fused-ring (bicyclic) bond motifs is 3. The fourth-order valence-electron chi connectivity index (χ4n) is 5.38. The molecule has 1 aliphatic heterocycles. The molecule has 0 amide bonds. The van der Waals surface area contributed by atoms with Crippen molar-refractivity contribution in [1.82, 2.24) is 14.8 Å². The van der Waals surface area contributed by atoms with Crippen molar-refractivity contribution < 1.29 is 5.11 Å². The Balaban J connectivity index is 1.45. The molecule has 1 saturated heterocycles. The minimum Gasteiger partial charge on any atom is -0.390 e. The maximum atomic E-state index is 11.1. The molecule has 1 fully saturated rings. The highest BCUT2D eigenvalue weighted by Gasteiger charge is 2.18. The van der Waals surface area contributed by atoms with E-state index in [2.05, 4.69) is 112 Å². The Morgan fingerprint density at radius 1 is 0.629 bits per heavy atom. The summed E-state index contributed by atoms with van der Waals surface area (Å²) >= 11 is 0. The van der Waals surface area contributed by atoms with Crippen LogP contribution in [-0.2, 0) is 6.54 Å². The van der Waals surface area contributed by atoms with Crippen LogP contribution in [0.2, 0.25) is 0 Å². The van der Waals surface area contributed by atoms with E-state index in [4.69, 9.17) is 0 Å². The minimum absolute atomic E-state index is 0.422. The zero-order valence-electron chi connectivity index (χ0n) is 19.9. The highest BCUT2D eigenvalue weighted by atomic mass is 16.3. The maximum Gasteiger partial charge on any atom is 0.0845 e. The van der Waals surface area contributed by atoms with Crippen LogP contribution in [0.5, 0.6) is 0 Å². The van der Waals surface area contributed by atoms with E-state index in [-0.39, 0.29) is 0 Å². The van der Waals surface area contributed by atoms with Crippen LogP contribution in [0.15, 0.2) is 97.1 Å². The second-order valence-electron chi connectivity index (χ2n) is 9.51. The van der Waals surface area contributed by atoms with Crippen LogP contribution in [0.3, 0.4) is 0 Å². The summed E-state index contributed by atoms with van der Waals surface area (Å²) in [5, 5.41) is 16.9. The molecule has 1 aliphatic rings. The van der Waals surface area contributed by atoms with E-state index in [1.54, 1.807) is 0 Å². The molecule has 35 heavy (non-hydrogen) atoms. The first-order valence-corrected chi connectivity index (χ1v) is 12.5. The van der Waals surface area contributed by atoms with Crippen LogP contribution < -0.4 is 5.32 Å². The smallest absolute Gasteiger partial charge is 0.0845 e. The van der Waals surface area contributed by atoms with Gasteiger partial charge in [-0.3, -0.25) is 4.90 Å². The predicted molar refractivity (Wildman–Crippen MR) is 146 cm³/mol. The van der Waals surface area contributed by atoms with Gasteiger partial charge >= 0.3 is 0 Å². The fraction of sp³-hybridized carbons (Fsp3) is 0.226. The molecular weight excluding hydrogens is 430 g/mol. The number of nitrogens with zero attached hydrogens (tertiary/aromatic N) is 2. The van der Waals surface area contributed by atoms with Crippen LogP contribution in [0.4, 0.5) is 0 Å². The zero-order chi connectivity index (χ0) is 23.6. The van der Waals surface area contributed by atoms with Crippen molar-refractivity contribution in [2.75, 3.05) is 32.7 Å². The molecule has 0 aliphatic carbocycles. The van der Waals surface area contributed by atoms with Gasteiger partial charge in [0, 0.05) is 54.5 Å². The number of aliphatic hydroxyl groups excluding tert-OH is 1. The Kier molecular flexibility index (Phi) is 6.09. The standard InChI is InChI=1S/C31H31N3O/c35-27(21-33-17-15-32-16-18-33)22-34-30-13-11-25(23-7-3-1-4-8-23)19-28(30)29-20-26(12-14-31(29)34)24-9-5-2-6-10-24/h1-14,19-20,27,32,35H,15-18,21-22H2. The van der Waals surface area contributed by atoms with Gasteiger partial charge in [-0.1, -0.05) is 72.8 Å². The molecule has 2 N–H and O–H groups in total. The van der Waals surface area contributed by atoms with Crippen molar-refractivity contribution in [2.24, 2.45) is 0 Å². The maximum absolute atomic E-state index is 11.1. The van der Waals surface area contributed by atoms with Crippen LogP contribution >= 0.6 is 0 Å². The number of piperazine rings is 1. The van der Waals surface area contributed by atoms with Crippen molar-refractivity contribution in [2.45, 2.75) is 12.6 Å². The highest BCUT2D eigenvalue weighted by molar-refractivity contribution is 6.10. The molecule has 5 aromatic rings. The quantitative estimate of drug-likeness (QED) is 0.356. The van der Waals surface area contributed by atoms with Gasteiger partial charge < -0.3 is 15.0 Å². The molecular formula is C31H31N3O. The largest absolute Gasteiger partial charge is 0.390 e. The van der Waals surface area contributed by atoms with Gasteiger partial charge in [0.15, 0.2) is 0 Å². The first-order valence-electron chi connectivity index (χ1n) is 12.5. The molecule has 0 spiro atoms. The summed E-state index contributed by atoms with van der Waals surface area (Å²) < 4.78 is 2.31. The minimum atomic E-state index is -0.422. The lowest BCUT2D eigenvalue weighted by atomic mass is 10.0. The van der Waals surface area contributed by atoms with E-state index in [0.717, 1.165) is 26.2 Å². The summed E-state index contributed by atoms with van der Waals surface area (Å²) in [5.41, 5.74) is 7.20. The van der Waals surface area contributed by atoms with Crippen molar-refractivity contribution in [3.8, 4) is 22.3 Å². The highest BCUT2D eigenvalue weighted by Crippen LogP contribution is 2.35. The number of hydrogen-bond donors (Lipinski definition) is 2. The van der Waals surface area contributed by atoms with Gasteiger partial charge in [-0.25, -0.2) is 0 Å². The van der Waals surface area contributed by atoms with Crippen LogP contribution in [0.1, 0.15) is 0 Å². The molecule has 1 aromatic heterocycles. The van der Waals surface area contributed by atoms with Crippen molar-refractivity contribution in [3.63, 3.8) is 0 Å². The summed E-state index contributed by atoms with van der Waals surface area (Å²) in [5.74, 6) is 0. The van der Waals surface area contributed by atoms with E-state index in [9.17, 15) is 5.11 Å². The number of aromatic nitrogens is 1. The number of aliphatic hydroxyl groups is 1. The molecule has 4 aromatic carbocycles. The van der Waals surface area contributed by atoms with E-state index >= 15 is 0 Å². The fourth-order valence-corrected chi connectivity index (χ4v) is 5.38. The lowest BCUT2D eigenvalue weighted by Crippen LogP contribution is -2.46. The van der Waals surface area contributed by atoms with Crippen LogP contribution in [0.25, 0.3) is 44.1 Å². The van der Waals surface area contributed by atoms with E-state index < -0.39 is 6.10 Å². The monoisotopic (exact) mass is 461 g/mol. The Morgan fingerprint density at radius 2 is 1.14 bits per heavy atom. The number of rotatable bonds is 6. The molecule has 176 valence electrons. The van der Waals surface area contributed by atoms with Crippen molar-refractivity contribution >= 4 is 21.8 Å². The first-order chi connectivity index (χ1) is 17.3. The topological polar surface area (TPSA) is 40.4 Å². The SMILES string of the molecule is OC(CN1CCNCC1)Cn1c2ccc(-c3ccccc3)cc2c2cc(-c3ccccc3)ccc21. The normalized spacial score (nSPS) is 15.6. The van der Waals surface area contributed by atoms with Gasteiger partial charge in [0.05, 0.1) is 12.6 Å². The van der Waals surface area contributed by atoms with Gasteiger partial charge in [0.1, 0.15) is 0 Å². The Labute approximate surface area is 206 Å². The molecule has 0 saturated carbocycles. The van der Waals surface area contributed by atoms with E-state index in [1.165, 1.54) is 44.1 Å². The van der Waals surface area contributed by atoms with Crippen molar-refractivity contribution in [1.29, 1.82) is 0 Å². The van der Waals surface area contributed by atoms with Crippen LogP contribution in [-0.4, -0.2) is 53.4 Å². The summed E-state index contributed by atoms with van der Waals surface area (Å²) in [6.07, 6.45) is -0.422. The average molecular weight is 462 g/mol. The number of hydrogen-bond acceptors (Lipinski definition) is 3. The lowest BCUT2D eigenvalue weighted by molar-refractivity contribution is 0.0936. The molecule has 2 heterocycles. The Bertz CT molecular complexity index is 1340. The van der Waals surface area contributed by atoms with Gasteiger partial charge in [0.25, 0.3) is 0 Å².